The lowest BCUT2D eigenvalue weighted by atomic mass is 9.85. The van der Waals surface area contributed by atoms with E-state index < -0.39 is 0 Å². The molecule has 1 aliphatic carbocycles. The predicted octanol–water partition coefficient (Wildman–Crippen LogP) is 1.65. The summed E-state index contributed by atoms with van der Waals surface area (Å²) in [6, 6.07) is 5.35. The van der Waals surface area contributed by atoms with Gasteiger partial charge in [0.25, 0.3) is 5.91 Å². The first kappa shape index (κ1) is 16.3. The number of aromatic nitrogens is 2. The molecule has 0 unspecified atom stereocenters. The third-order valence-electron chi connectivity index (χ3n) is 4.43. The van der Waals surface area contributed by atoms with Gasteiger partial charge in [-0.2, -0.15) is 5.10 Å². The van der Waals surface area contributed by atoms with Crippen LogP contribution in [0.1, 0.15) is 41.9 Å². The van der Waals surface area contributed by atoms with Crippen molar-refractivity contribution in [2.45, 2.75) is 38.1 Å². The minimum Gasteiger partial charge on any atom is -0.459 e. The van der Waals surface area contributed by atoms with E-state index >= 15 is 0 Å². The molecule has 1 fully saturated rings. The van der Waals surface area contributed by atoms with Gasteiger partial charge >= 0.3 is 0 Å². The summed E-state index contributed by atoms with van der Waals surface area (Å²) < 4.78 is 5.09. The van der Waals surface area contributed by atoms with Crippen LogP contribution in [-0.4, -0.2) is 34.6 Å². The number of nitrogens with zero attached hydrogens (tertiary/aromatic N) is 1. The Hall–Kier alpha value is -2.57. The van der Waals surface area contributed by atoms with Gasteiger partial charge in [-0.1, -0.05) is 0 Å². The Morgan fingerprint density at radius 3 is 2.75 bits per heavy atom. The molecule has 0 saturated heterocycles. The first-order valence-corrected chi connectivity index (χ1v) is 8.32. The van der Waals surface area contributed by atoms with E-state index in [1.807, 2.05) is 6.07 Å². The van der Waals surface area contributed by atoms with Crippen LogP contribution in [0.5, 0.6) is 0 Å². The van der Waals surface area contributed by atoms with Gasteiger partial charge in [0.2, 0.25) is 5.91 Å². The van der Waals surface area contributed by atoms with Gasteiger partial charge in [0.1, 0.15) is 0 Å². The highest BCUT2D eigenvalue weighted by molar-refractivity contribution is 5.91. The van der Waals surface area contributed by atoms with Crippen molar-refractivity contribution in [3.63, 3.8) is 0 Å². The number of hydrogen-bond donors (Lipinski definition) is 3. The molecule has 2 amide bonds. The molecule has 2 aromatic rings. The molecule has 1 aliphatic rings. The monoisotopic (exact) mass is 330 g/mol. The first-order chi connectivity index (χ1) is 11.7. The van der Waals surface area contributed by atoms with E-state index in [1.54, 1.807) is 18.3 Å². The average molecular weight is 330 g/mol. The lowest BCUT2D eigenvalue weighted by Gasteiger charge is -2.28. The van der Waals surface area contributed by atoms with Crippen molar-refractivity contribution >= 4 is 11.8 Å². The molecule has 128 valence electrons. The van der Waals surface area contributed by atoms with Crippen molar-refractivity contribution in [2.24, 2.45) is 5.92 Å². The summed E-state index contributed by atoms with van der Waals surface area (Å²) in [5.41, 5.74) is 1.01. The molecule has 7 heteroatoms. The molecule has 0 aliphatic heterocycles. The zero-order chi connectivity index (χ0) is 16.8. The van der Waals surface area contributed by atoms with Gasteiger partial charge in [0, 0.05) is 36.8 Å². The summed E-state index contributed by atoms with van der Waals surface area (Å²) in [5.74, 6) is 0.273. The normalized spacial score (nSPS) is 20.5. The van der Waals surface area contributed by atoms with Crippen molar-refractivity contribution in [2.75, 3.05) is 6.54 Å². The number of hydrogen-bond acceptors (Lipinski definition) is 4. The van der Waals surface area contributed by atoms with Gasteiger partial charge in [0.15, 0.2) is 5.76 Å². The Kier molecular flexibility index (Phi) is 5.30. The van der Waals surface area contributed by atoms with Crippen LogP contribution in [0, 0.1) is 5.92 Å². The maximum absolute atomic E-state index is 12.2. The minimum absolute atomic E-state index is 0.0310. The molecular formula is C17H22N4O3. The smallest absolute Gasteiger partial charge is 0.287 e. The Labute approximate surface area is 140 Å². The maximum atomic E-state index is 12.2. The average Bonchev–Trinajstić information content (AvgIpc) is 3.29. The van der Waals surface area contributed by atoms with Gasteiger partial charge < -0.3 is 15.1 Å². The first-order valence-electron chi connectivity index (χ1n) is 8.32. The second-order valence-electron chi connectivity index (χ2n) is 6.12. The van der Waals surface area contributed by atoms with Gasteiger partial charge in [-0.15, -0.1) is 0 Å². The van der Waals surface area contributed by atoms with Gasteiger partial charge in [-0.25, -0.2) is 0 Å². The summed E-state index contributed by atoms with van der Waals surface area (Å²) in [6.45, 7) is 0.607. The number of aromatic amines is 1. The molecule has 1 saturated carbocycles. The van der Waals surface area contributed by atoms with E-state index in [2.05, 4.69) is 20.8 Å². The molecule has 2 heterocycles. The largest absolute Gasteiger partial charge is 0.459 e. The number of nitrogens with one attached hydrogen (secondary N) is 3. The molecule has 24 heavy (non-hydrogen) atoms. The van der Waals surface area contributed by atoms with E-state index in [1.165, 1.54) is 6.26 Å². The van der Waals surface area contributed by atoms with Crippen LogP contribution >= 0.6 is 0 Å². The quantitative estimate of drug-likeness (QED) is 0.750. The van der Waals surface area contributed by atoms with E-state index in [0.29, 0.717) is 12.3 Å². The number of furan rings is 1. The molecule has 0 radical (unpaired) electrons. The van der Waals surface area contributed by atoms with Crippen LogP contribution in [0.15, 0.2) is 35.1 Å². The number of H-pyrrole nitrogens is 1. The SMILES string of the molecule is O=C(NC1CCC(C(=O)NCCc2ccn[nH]2)CC1)c1ccco1. The van der Waals surface area contributed by atoms with E-state index in [-0.39, 0.29) is 23.8 Å². The summed E-state index contributed by atoms with van der Waals surface area (Å²) in [5, 5.41) is 12.7. The molecule has 0 spiro atoms. The zero-order valence-electron chi connectivity index (χ0n) is 13.5. The standard InChI is InChI=1S/C17H22N4O3/c22-16(18-9-7-14-8-10-19-21-14)12-3-5-13(6-4-12)20-17(23)15-2-1-11-24-15/h1-2,8,10-13H,3-7,9H2,(H,18,22)(H,19,21)(H,20,23). The van der Waals surface area contributed by atoms with Gasteiger partial charge in [0.05, 0.1) is 6.26 Å². The van der Waals surface area contributed by atoms with E-state index in [9.17, 15) is 9.59 Å². The van der Waals surface area contributed by atoms with Crippen LogP contribution in [0.4, 0.5) is 0 Å². The summed E-state index contributed by atoms with van der Waals surface area (Å²) in [4.78, 5) is 24.2. The summed E-state index contributed by atoms with van der Waals surface area (Å²) >= 11 is 0. The highest BCUT2D eigenvalue weighted by atomic mass is 16.3. The molecule has 0 atom stereocenters. The van der Waals surface area contributed by atoms with Crippen LogP contribution < -0.4 is 10.6 Å². The van der Waals surface area contributed by atoms with Crippen LogP contribution in [0.2, 0.25) is 0 Å². The highest BCUT2D eigenvalue weighted by Crippen LogP contribution is 2.24. The maximum Gasteiger partial charge on any atom is 0.287 e. The Morgan fingerprint density at radius 2 is 2.08 bits per heavy atom. The number of amides is 2. The van der Waals surface area contributed by atoms with Crippen molar-refractivity contribution in [1.29, 1.82) is 0 Å². The summed E-state index contributed by atoms with van der Waals surface area (Å²) in [7, 11) is 0. The van der Waals surface area contributed by atoms with Gasteiger partial charge in [-0.05, 0) is 43.9 Å². The molecule has 3 rings (SSSR count). The number of carbonyl (C=O) groups excluding carboxylic acids is 2. The number of rotatable bonds is 6. The van der Waals surface area contributed by atoms with Gasteiger partial charge in [-0.3, -0.25) is 14.7 Å². The molecule has 0 aromatic carbocycles. The molecule has 3 N–H and O–H groups in total. The van der Waals surface area contributed by atoms with Crippen molar-refractivity contribution in [1.82, 2.24) is 20.8 Å². The van der Waals surface area contributed by atoms with Crippen molar-refractivity contribution in [3.8, 4) is 0 Å². The Balaban J connectivity index is 1.36. The molecule has 2 aromatic heterocycles. The van der Waals surface area contributed by atoms with E-state index in [4.69, 9.17) is 4.42 Å². The van der Waals surface area contributed by atoms with Crippen LogP contribution in [0.25, 0.3) is 0 Å². The van der Waals surface area contributed by atoms with Crippen molar-refractivity contribution < 1.29 is 14.0 Å². The summed E-state index contributed by atoms with van der Waals surface area (Å²) in [6.07, 6.45) is 7.14. The third kappa shape index (κ3) is 4.24. The van der Waals surface area contributed by atoms with E-state index in [0.717, 1.165) is 37.8 Å². The lowest BCUT2D eigenvalue weighted by molar-refractivity contribution is -0.126. The van der Waals surface area contributed by atoms with Crippen LogP contribution in [-0.2, 0) is 11.2 Å². The topological polar surface area (TPSA) is 100 Å². The Morgan fingerprint density at radius 1 is 1.25 bits per heavy atom. The minimum atomic E-state index is -0.188. The molecule has 7 nitrogen and oxygen atoms in total. The fraction of sp³-hybridized carbons (Fsp3) is 0.471. The zero-order valence-corrected chi connectivity index (χ0v) is 13.5. The number of carbonyl (C=O) groups is 2. The fourth-order valence-electron chi connectivity index (χ4n) is 3.05. The molecular weight excluding hydrogens is 308 g/mol. The third-order valence-corrected chi connectivity index (χ3v) is 4.43. The Bertz CT molecular complexity index is 643. The lowest BCUT2D eigenvalue weighted by Crippen LogP contribution is -2.41. The van der Waals surface area contributed by atoms with Crippen LogP contribution in [0.3, 0.4) is 0 Å². The van der Waals surface area contributed by atoms with Crippen molar-refractivity contribution in [3.05, 3.63) is 42.1 Å². The predicted molar refractivity (Wildman–Crippen MR) is 87.2 cm³/mol. The fourth-order valence-corrected chi connectivity index (χ4v) is 3.05. The molecule has 0 bridgehead atoms. The highest BCUT2D eigenvalue weighted by Gasteiger charge is 2.27. The second kappa shape index (κ2) is 7.81. The second-order valence-corrected chi connectivity index (χ2v) is 6.12.